The molecule has 0 N–H and O–H groups in total. The van der Waals surface area contributed by atoms with Crippen LogP contribution in [-0.4, -0.2) is 53.6 Å². The topological polar surface area (TPSA) is 57.7 Å². The summed E-state index contributed by atoms with van der Waals surface area (Å²) in [6.07, 6.45) is 4.26. The van der Waals surface area contributed by atoms with E-state index in [2.05, 4.69) is 6.92 Å². The Kier molecular flexibility index (Phi) is 7.09. The zero-order chi connectivity index (χ0) is 21.0. The third kappa shape index (κ3) is 5.46. The lowest BCUT2D eigenvalue weighted by atomic mass is 9.92. The fourth-order valence-electron chi connectivity index (χ4n) is 4.57. The van der Waals surface area contributed by atoms with E-state index in [1.807, 2.05) is 41.8 Å². The van der Waals surface area contributed by atoms with Gasteiger partial charge in [0, 0.05) is 50.5 Å². The first-order valence-electron chi connectivity index (χ1n) is 11.0. The van der Waals surface area contributed by atoms with Crippen molar-refractivity contribution in [1.82, 2.24) is 9.80 Å². The number of benzene rings is 1. The second-order valence-electron chi connectivity index (χ2n) is 8.93. The third-order valence-corrected chi connectivity index (χ3v) is 6.43. The van der Waals surface area contributed by atoms with Crippen molar-refractivity contribution < 1.29 is 14.4 Å². The molecule has 5 heteroatoms. The summed E-state index contributed by atoms with van der Waals surface area (Å²) in [7, 11) is 0. The predicted octanol–water partition coefficient (Wildman–Crippen LogP) is 3.76. The Labute approximate surface area is 174 Å². The number of aryl methyl sites for hydroxylation is 2. The van der Waals surface area contributed by atoms with Gasteiger partial charge in [0.2, 0.25) is 11.8 Å². The van der Waals surface area contributed by atoms with Gasteiger partial charge in [0.1, 0.15) is 0 Å². The number of rotatable bonds is 5. The van der Waals surface area contributed by atoms with Crippen LogP contribution in [0.5, 0.6) is 0 Å². The average molecular weight is 399 g/mol. The van der Waals surface area contributed by atoms with Gasteiger partial charge >= 0.3 is 0 Å². The van der Waals surface area contributed by atoms with Gasteiger partial charge in [-0.1, -0.05) is 24.6 Å². The molecule has 1 atom stereocenters. The van der Waals surface area contributed by atoms with E-state index in [1.165, 1.54) is 6.42 Å². The highest BCUT2D eigenvalue weighted by Crippen LogP contribution is 2.24. The number of Topliss-reactive ketones (excluding diaryl/α,β-unsaturated/α-hetero) is 1. The Morgan fingerprint density at radius 3 is 2.38 bits per heavy atom. The molecule has 158 valence electrons. The minimum atomic E-state index is 0.0288. The molecular formula is C24H34N2O3. The molecule has 2 aliphatic rings. The van der Waals surface area contributed by atoms with Crippen molar-refractivity contribution in [1.29, 1.82) is 0 Å². The molecule has 0 bridgehead atoms. The van der Waals surface area contributed by atoms with E-state index >= 15 is 0 Å². The summed E-state index contributed by atoms with van der Waals surface area (Å²) >= 11 is 0. The molecule has 2 aliphatic heterocycles. The molecular weight excluding hydrogens is 364 g/mol. The van der Waals surface area contributed by atoms with Crippen LogP contribution in [0, 0.1) is 25.7 Å². The molecule has 3 rings (SSSR count). The lowest BCUT2D eigenvalue weighted by molar-refractivity contribution is -0.142. The monoisotopic (exact) mass is 398 g/mol. The summed E-state index contributed by atoms with van der Waals surface area (Å²) in [5, 5.41) is 0. The van der Waals surface area contributed by atoms with Crippen molar-refractivity contribution in [2.24, 2.45) is 11.8 Å². The van der Waals surface area contributed by atoms with E-state index in [-0.39, 0.29) is 36.4 Å². The molecule has 1 aromatic carbocycles. The first-order valence-corrected chi connectivity index (χ1v) is 11.0. The van der Waals surface area contributed by atoms with Gasteiger partial charge in [-0.2, -0.15) is 0 Å². The van der Waals surface area contributed by atoms with Gasteiger partial charge in [-0.15, -0.1) is 0 Å². The highest BCUT2D eigenvalue weighted by molar-refractivity contribution is 5.99. The Hall–Kier alpha value is -2.17. The molecule has 5 nitrogen and oxygen atoms in total. The molecule has 2 heterocycles. The minimum Gasteiger partial charge on any atom is -0.343 e. The zero-order valence-corrected chi connectivity index (χ0v) is 18.1. The maximum atomic E-state index is 12.8. The molecule has 29 heavy (non-hydrogen) atoms. The van der Waals surface area contributed by atoms with Gasteiger partial charge in [0.15, 0.2) is 5.78 Å². The van der Waals surface area contributed by atoms with Crippen molar-refractivity contribution in [3.63, 3.8) is 0 Å². The maximum absolute atomic E-state index is 12.8. The molecule has 0 radical (unpaired) electrons. The lowest BCUT2D eigenvalue weighted by Gasteiger charge is -2.37. The molecule has 0 saturated carbocycles. The van der Waals surface area contributed by atoms with Gasteiger partial charge in [0.05, 0.1) is 0 Å². The van der Waals surface area contributed by atoms with Crippen molar-refractivity contribution in [3.05, 3.63) is 34.9 Å². The van der Waals surface area contributed by atoms with E-state index in [4.69, 9.17) is 0 Å². The van der Waals surface area contributed by atoms with E-state index in [0.29, 0.717) is 19.0 Å². The number of hydrogen-bond acceptors (Lipinski definition) is 3. The van der Waals surface area contributed by atoms with E-state index in [9.17, 15) is 14.4 Å². The van der Waals surface area contributed by atoms with Crippen LogP contribution in [0.2, 0.25) is 0 Å². The van der Waals surface area contributed by atoms with E-state index < -0.39 is 0 Å². The van der Waals surface area contributed by atoms with Crippen LogP contribution >= 0.6 is 0 Å². The number of nitrogens with zero attached hydrogens (tertiary/aromatic N) is 2. The molecule has 2 saturated heterocycles. The fraction of sp³-hybridized carbons (Fsp3) is 0.625. The standard InChI is InChI=1S/C24H34N2O3/c1-17-6-7-19(3)21(15-17)22(27)8-9-23(28)25-13-10-20(11-14-25)24(29)26-12-4-5-18(2)16-26/h6-7,15,18,20H,4-5,8-14,16H2,1-3H3. The maximum Gasteiger partial charge on any atom is 0.225 e. The SMILES string of the molecule is Cc1ccc(C)c(C(=O)CCC(=O)N2CCC(C(=O)N3CCCC(C)C3)CC2)c1. The predicted molar refractivity (Wildman–Crippen MR) is 114 cm³/mol. The quantitative estimate of drug-likeness (QED) is 0.710. The van der Waals surface area contributed by atoms with Crippen LogP contribution in [0.3, 0.4) is 0 Å². The highest BCUT2D eigenvalue weighted by atomic mass is 16.2. The number of likely N-dealkylation sites (tertiary alicyclic amines) is 2. The van der Waals surface area contributed by atoms with E-state index in [0.717, 1.165) is 49.0 Å². The second kappa shape index (κ2) is 9.55. The summed E-state index contributed by atoms with van der Waals surface area (Å²) in [6, 6.07) is 5.85. The molecule has 1 aromatic rings. The first-order chi connectivity index (χ1) is 13.8. The summed E-state index contributed by atoms with van der Waals surface area (Å²) in [5.74, 6) is 0.962. The summed E-state index contributed by atoms with van der Waals surface area (Å²) in [6.45, 7) is 9.10. The van der Waals surface area contributed by atoms with Crippen molar-refractivity contribution in [2.75, 3.05) is 26.2 Å². The van der Waals surface area contributed by atoms with Crippen LogP contribution in [0.1, 0.15) is 66.9 Å². The summed E-state index contributed by atoms with van der Waals surface area (Å²) in [5.41, 5.74) is 2.73. The minimum absolute atomic E-state index is 0.0288. The fourth-order valence-corrected chi connectivity index (χ4v) is 4.57. The average Bonchev–Trinajstić information content (AvgIpc) is 2.73. The second-order valence-corrected chi connectivity index (χ2v) is 8.93. The van der Waals surface area contributed by atoms with Crippen LogP contribution in [0.25, 0.3) is 0 Å². The Bertz CT molecular complexity index is 765. The van der Waals surface area contributed by atoms with Crippen molar-refractivity contribution in [2.45, 2.75) is 59.3 Å². The zero-order valence-electron chi connectivity index (χ0n) is 18.1. The number of hydrogen-bond donors (Lipinski definition) is 0. The Morgan fingerprint density at radius 1 is 0.966 bits per heavy atom. The molecule has 0 aliphatic carbocycles. The molecule has 0 aromatic heterocycles. The number of carbonyl (C=O) groups is 3. The highest BCUT2D eigenvalue weighted by Gasteiger charge is 2.31. The van der Waals surface area contributed by atoms with E-state index in [1.54, 1.807) is 0 Å². The van der Waals surface area contributed by atoms with Crippen LogP contribution in [0.4, 0.5) is 0 Å². The number of carbonyl (C=O) groups excluding carboxylic acids is 3. The Balaban J connectivity index is 1.45. The molecule has 0 spiro atoms. The Morgan fingerprint density at radius 2 is 1.69 bits per heavy atom. The molecule has 2 fully saturated rings. The van der Waals surface area contributed by atoms with Crippen molar-refractivity contribution >= 4 is 17.6 Å². The summed E-state index contributed by atoms with van der Waals surface area (Å²) < 4.78 is 0. The van der Waals surface area contributed by atoms with Gasteiger partial charge in [0.25, 0.3) is 0 Å². The smallest absolute Gasteiger partial charge is 0.225 e. The number of piperidine rings is 2. The largest absolute Gasteiger partial charge is 0.343 e. The van der Waals surface area contributed by atoms with Crippen LogP contribution in [-0.2, 0) is 9.59 Å². The molecule has 2 amide bonds. The van der Waals surface area contributed by atoms with Gasteiger partial charge < -0.3 is 9.80 Å². The van der Waals surface area contributed by atoms with Crippen molar-refractivity contribution in [3.8, 4) is 0 Å². The van der Waals surface area contributed by atoms with Gasteiger partial charge in [-0.05, 0) is 57.1 Å². The summed E-state index contributed by atoms with van der Waals surface area (Å²) in [4.78, 5) is 41.8. The van der Waals surface area contributed by atoms with Crippen LogP contribution < -0.4 is 0 Å². The molecule has 1 unspecified atom stereocenters. The third-order valence-electron chi connectivity index (χ3n) is 6.43. The number of amides is 2. The van der Waals surface area contributed by atoms with Gasteiger partial charge in [-0.25, -0.2) is 0 Å². The van der Waals surface area contributed by atoms with Gasteiger partial charge in [-0.3, -0.25) is 14.4 Å². The first kappa shape index (κ1) is 21.5. The lowest BCUT2D eigenvalue weighted by Crippen LogP contribution is -2.47. The normalized spacial score (nSPS) is 20.6. The number of ketones is 1. The van der Waals surface area contributed by atoms with Crippen LogP contribution in [0.15, 0.2) is 18.2 Å².